The summed E-state index contributed by atoms with van der Waals surface area (Å²) in [6.45, 7) is 7.35. The lowest BCUT2D eigenvalue weighted by atomic mass is 10.4. The summed E-state index contributed by atoms with van der Waals surface area (Å²) in [5.74, 6) is 0. The van der Waals surface area contributed by atoms with Gasteiger partial charge in [0.25, 0.3) is 0 Å². The zero-order chi connectivity index (χ0) is 12.0. The summed E-state index contributed by atoms with van der Waals surface area (Å²) in [5.41, 5.74) is 1.38. The molecule has 0 atom stereocenters. The molecule has 1 heterocycles. The van der Waals surface area contributed by atoms with Crippen LogP contribution in [0, 0.1) is 11.3 Å². The number of nitrogens with one attached hydrogen (secondary N) is 1. The topological polar surface area (TPSA) is 57.9 Å². The normalized spacial score (nSPS) is 9.81. The zero-order valence-electron chi connectivity index (χ0n) is 8.92. The predicted molar refractivity (Wildman–Crippen MR) is 66.0 cm³/mol. The number of aromatic nitrogens is 1. The van der Waals surface area contributed by atoms with Gasteiger partial charge in [0.15, 0.2) is 5.15 Å². The lowest BCUT2D eigenvalue weighted by Gasteiger charge is -2.05. The van der Waals surface area contributed by atoms with Crippen molar-refractivity contribution in [2.45, 2.75) is 6.92 Å². The predicted octanol–water partition coefficient (Wildman–Crippen LogP) is 2.67. The minimum absolute atomic E-state index is 0.248. The monoisotopic (exact) mass is 257 g/mol. The van der Waals surface area contributed by atoms with E-state index >= 15 is 0 Å². The van der Waals surface area contributed by atoms with Crippen LogP contribution in [-0.4, -0.2) is 24.1 Å². The molecular weight excluding hydrogens is 246 g/mol. The summed E-state index contributed by atoms with van der Waals surface area (Å²) in [6.07, 6.45) is 0. The molecule has 6 heteroatoms. The molecule has 0 aromatic carbocycles. The smallest absolute Gasteiger partial charge is 0.162 e. The minimum atomic E-state index is 0.248. The van der Waals surface area contributed by atoms with Crippen molar-refractivity contribution in [3.05, 3.63) is 22.9 Å². The maximum absolute atomic E-state index is 8.81. The van der Waals surface area contributed by atoms with Gasteiger partial charge in [-0.25, -0.2) is 0 Å². The van der Waals surface area contributed by atoms with Crippen molar-refractivity contribution in [2.24, 2.45) is 0 Å². The molecule has 0 fully saturated rings. The standard InChI is InChI=1S/C10H12ClN3OS/c1-7(2)6-15-4-3-13-10-8(5-12)9(11)14-16-10/h13H,1,3-4,6H2,2H3. The van der Waals surface area contributed by atoms with Crippen LogP contribution in [0.25, 0.3) is 0 Å². The summed E-state index contributed by atoms with van der Waals surface area (Å²) >= 11 is 6.90. The first-order chi connectivity index (χ1) is 7.65. The summed E-state index contributed by atoms with van der Waals surface area (Å²) in [5, 5.41) is 12.8. The Kier molecular flexibility index (Phi) is 5.26. The van der Waals surface area contributed by atoms with E-state index in [0.29, 0.717) is 30.3 Å². The van der Waals surface area contributed by atoms with Gasteiger partial charge in [0.1, 0.15) is 16.6 Å². The molecule has 1 aromatic heterocycles. The van der Waals surface area contributed by atoms with E-state index in [2.05, 4.69) is 16.3 Å². The Hall–Kier alpha value is -1.09. The van der Waals surface area contributed by atoms with Crippen LogP contribution in [0.5, 0.6) is 0 Å². The van der Waals surface area contributed by atoms with Crippen LogP contribution in [0.15, 0.2) is 12.2 Å². The zero-order valence-corrected chi connectivity index (χ0v) is 10.5. The summed E-state index contributed by atoms with van der Waals surface area (Å²) in [7, 11) is 0. The quantitative estimate of drug-likeness (QED) is 0.629. The highest BCUT2D eigenvalue weighted by atomic mass is 35.5. The van der Waals surface area contributed by atoms with Gasteiger partial charge < -0.3 is 10.1 Å². The molecule has 0 saturated heterocycles. The average molecular weight is 258 g/mol. The minimum Gasteiger partial charge on any atom is -0.375 e. The largest absolute Gasteiger partial charge is 0.375 e. The fraction of sp³-hybridized carbons (Fsp3) is 0.400. The van der Waals surface area contributed by atoms with E-state index in [0.717, 1.165) is 5.57 Å². The molecule has 4 nitrogen and oxygen atoms in total. The fourth-order valence-electron chi connectivity index (χ4n) is 0.971. The van der Waals surface area contributed by atoms with Gasteiger partial charge in [-0.05, 0) is 18.5 Å². The second kappa shape index (κ2) is 6.48. The van der Waals surface area contributed by atoms with Crippen LogP contribution >= 0.6 is 23.1 Å². The number of nitriles is 1. The third-order valence-electron chi connectivity index (χ3n) is 1.64. The Balaban J connectivity index is 2.32. The van der Waals surface area contributed by atoms with Gasteiger partial charge in [0.2, 0.25) is 0 Å². The number of hydrogen-bond acceptors (Lipinski definition) is 5. The lowest BCUT2D eigenvalue weighted by molar-refractivity contribution is 0.167. The van der Waals surface area contributed by atoms with E-state index in [1.54, 1.807) is 0 Å². The number of halogens is 1. The van der Waals surface area contributed by atoms with Crippen molar-refractivity contribution in [1.29, 1.82) is 5.26 Å². The van der Waals surface area contributed by atoms with E-state index in [1.165, 1.54) is 11.5 Å². The number of nitrogens with zero attached hydrogens (tertiary/aromatic N) is 2. The van der Waals surface area contributed by atoms with Gasteiger partial charge >= 0.3 is 0 Å². The van der Waals surface area contributed by atoms with Crippen molar-refractivity contribution in [1.82, 2.24) is 4.37 Å². The van der Waals surface area contributed by atoms with Crippen LogP contribution < -0.4 is 5.32 Å². The fourth-order valence-corrected chi connectivity index (χ4v) is 1.93. The van der Waals surface area contributed by atoms with Crippen LogP contribution in [0.1, 0.15) is 12.5 Å². The van der Waals surface area contributed by atoms with Crippen LogP contribution in [0.3, 0.4) is 0 Å². The molecule has 0 aliphatic carbocycles. The molecule has 0 aliphatic rings. The summed E-state index contributed by atoms with van der Waals surface area (Å²) in [4.78, 5) is 0. The highest BCUT2D eigenvalue weighted by molar-refractivity contribution is 7.10. The van der Waals surface area contributed by atoms with E-state index in [4.69, 9.17) is 21.6 Å². The Labute approximate surface area is 104 Å². The first kappa shape index (κ1) is 13.0. The van der Waals surface area contributed by atoms with E-state index in [1.807, 2.05) is 13.0 Å². The van der Waals surface area contributed by atoms with Crippen molar-refractivity contribution in [2.75, 3.05) is 25.1 Å². The highest BCUT2D eigenvalue weighted by Gasteiger charge is 2.10. The molecule has 0 amide bonds. The van der Waals surface area contributed by atoms with Crippen LogP contribution in [0.2, 0.25) is 5.15 Å². The van der Waals surface area contributed by atoms with Gasteiger partial charge in [0.05, 0.1) is 13.2 Å². The molecule has 0 bridgehead atoms. The molecule has 0 radical (unpaired) electrons. The lowest BCUT2D eigenvalue weighted by Crippen LogP contribution is -2.10. The van der Waals surface area contributed by atoms with Gasteiger partial charge in [-0.15, -0.1) is 0 Å². The summed E-state index contributed by atoms with van der Waals surface area (Å²) in [6, 6.07) is 2.00. The molecule has 0 unspecified atom stereocenters. The van der Waals surface area contributed by atoms with Crippen molar-refractivity contribution in [3.63, 3.8) is 0 Å². The van der Waals surface area contributed by atoms with Crippen LogP contribution in [-0.2, 0) is 4.74 Å². The molecule has 1 N–H and O–H groups in total. The Morgan fingerprint density at radius 3 is 3.12 bits per heavy atom. The van der Waals surface area contributed by atoms with Crippen molar-refractivity contribution < 1.29 is 4.74 Å². The van der Waals surface area contributed by atoms with Gasteiger partial charge in [-0.2, -0.15) is 9.64 Å². The van der Waals surface area contributed by atoms with Gasteiger partial charge in [0, 0.05) is 6.54 Å². The van der Waals surface area contributed by atoms with E-state index in [9.17, 15) is 0 Å². The molecule has 1 rings (SSSR count). The van der Waals surface area contributed by atoms with Gasteiger partial charge in [-0.3, -0.25) is 0 Å². The number of hydrogen-bond donors (Lipinski definition) is 1. The van der Waals surface area contributed by atoms with Crippen molar-refractivity contribution in [3.8, 4) is 6.07 Å². The number of ether oxygens (including phenoxy) is 1. The summed E-state index contributed by atoms with van der Waals surface area (Å²) < 4.78 is 9.19. The first-order valence-corrected chi connectivity index (χ1v) is 5.81. The number of anilines is 1. The molecular formula is C10H12ClN3OS. The first-order valence-electron chi connectivity index (χ1n) is 4.66. The van der Waals surface area contributed by atoms with E-state index in [-0.39, 0.29) is 5.15 Å². The highest BCUT2D eigenvalue weighted by Crippen LogP contribution is 2.26. The molecule has 1 aromatic rings. The Morgan fingerprint density at radius 1 is 1.75 bits per heavy atom. The molecule has 0 saturated carbocycles. The number of rotatable bonds is 6. The molecule has 0 spiro atoms. The van der Waals surface area contributed by atoms with Crippen molar-refractivity contribution >= 4 is 28.1 Å². The maximum atomic E-state index is 8.81. The third kappa shape index (κ3) is 3.81. The molecule has 86 valence electrons. The Bertz CT molecular complexity index is 411. The third-order valence-corrected chi connectivity index (χ3v) is 2.82. The second-order valence-corrected chi connectivity index (χ2v) is 4.36. The second-order valence-electron chi connectivity index (χ2n) is 3.23. The average Bonchev–Trinajstić information content (AvgIpc) is 2.58. The maximum Gasteiger partial charge on any atom is 0.162 e. The molecule has 0 aliphatic heterocycles. The van der Waals surface area contributed by atoms with Gasteiger partial charge in [-0.1, -0.05) is 23.8 Å². The SMILES string of the molecule is C=C(C)COCCNc1snc(Cl)c1C#N. The molecule has 16 heavy (non-hydrogen) atoms. The Morgan fingerprint density at radius 2 is 2.50 bits per heavy atom. The van der Waals surface area contributed by atoms with E-state index < -0.39 is 0 Å². The van der Waals surface area contributed by atoms with Crippen LogP contribution in [0.4, 0.5) is 5.00 Å².